The number of carbonyl (C=O) groups excluding carboxylic acids is 1. The van der Waals surface area contributed by atoms with E-state index in [0.717, 1.165) is 5.56 Å². The number of carboxylic acid groups (broad SMARTS) is 1. The van der Waals surface area contributed by atoms with E-state index in [9.17, 15) is 9.59 Å². The predicted molar refractivity (Wildman–Crippen MR) is 79.1 cm³/mol. The van der Waals surface area contributed by atoms with Gasteiger partial charge in [0.25, 0.3) is 5.91 Å². The van der Waals surface area contributed by atoms with Crippen molar-refractivity contribution in [2.75, 3.05) is 12.4 Å². The average Bonchev–Trinajstić information content (AvgIpc) is 2.47. The van der Waals surface area contributed by atoms with Crippen molar-refractivity contribution >= 4 is 17.6 Å². The number of ether oxygens (including phenoxy) is 1. The Balaban J connectivity index is 2.21. The summed E-state index contributed by atoms with van der Waals surface area (Å²) in [5, 5.41) is 11.5. The van der Waals surface area contributed by atoms with Crippen LogP contribution in [0.15, 0.2) is 42.5 Å². The summed E-state index contributed by atoms with van der Waals surface area (Å²) in [5.74, 6) is -0.827. The summed E-state index contributed by atoms with van der Waals surface area (Å²) >= 11 is 0. The van der Waals surface area contributed by atoms with Gasteiger partial charge in [-0.2, -0.15) is 0 Å². The minimum absolute atomic E-state index is 0.168. The molecule has 0 spiro atoms. The maximum Gasteiger partial charge on any atom is 0.335 e. The van der Waals surface area contributed by atoms with Crippen LogP contribution in [-0.4, -0.2) is 24.1 Å². The maximum atomic E-state index is 12.3. The zero-order chi connectivity index (χ0) is 15.4. The number of aromatic carboxylic acids is 1. The van der Waals surface area contributed by atoms with E-state index in [1.807, 2.05) is 13.0 Å². The van der Waals surface area contributed by atoms with Crippen LogP contribution in [0.4, 0.5) is 5.69 Å². The molecule has 0 bridgehead atoms. The van der Waals surface area contributed by atoms with Crippen LogP contribution in [0.2, 0.25) is 0 Å². The molecule has 108 valence electrons. The Hall–Kier alpha value is -2.82. The number of carbonyl (C=O) groups is 2. The van der Waals surface area contributed by atoms with Gasteiger partial charge in [-0.25, -0.2) is 4.79 Å². The second kappa shape index (κ2) is 6.09. The molecule has 0 unspecified atom stereocenters. The molecule has 0 saturated carbocycles. The summed E-state index contributed by atoms with van der Waals surface area (Å²) in [6.07, 6.45) is 0. The quantitative estimate of drug-likeness (QED) is 0.905. The number of amides is 1. The second-order valence-corrected chi connectivity index (χ2v) is 4.54. The lowest BCUT2D eigenvalue weighted by atomic mass is 10.1. The van der Waals surface area contributed by atoms with Gasteiger partial charge in [0.2, 0.25) is 0 Å². The molecular formula is C16H15NO4. The van der Waals surface area contributed by atoms with Crippen molar-refractivity contribution in [2.45, 2.75) is 6.92 Å². The highest BCUT2D eigenvalue weighted by molar-refractivity contribution is 6.06. The molecule has 21 heavy (non-hydrogen) atoms. The summed E-state index contributed by atoms with van der Waals surface area (Å²) in [5.41, 5.74) is 2.07. The number of anilines is 1. The first-order valence-electron chi connectivity index (χ1n) is 6.30. The van der Waals surface area contributed by atoms with Gasteiger partial charge >= 0.3 is 5.97 Å². The van der Waals surface area contributed by atoms with Crippen molar-refractivity contribution in [3.63, 3.8) is 0 Å². The highest BCUT2D eigenvalue weighted by Gasteiger charge is 2.13. The summed E-state index contributed by atoms with van der Waals surface area (Å²) in [6, 6.07) is 11.3. The van der Waals surface area contributed by atoms with Gasteiger partial charge in [0, 0.05) is 5.69 Å². The number of nitrogens with one attached hydrogen (secondary N) is 1. The van der Waals surface area contributed by atoms with Crippen LogP contribution in [0.1, 0.15) is 26.3 Å². The second-order valence-electron chi connectivity index (χ2n) is 4.54. The number of rotatable bonds is 4. The van der Waals surface area contributed by atoms with Gasteiger partial charge in [0.15, 0.2) is 0 Å². The van der Waals surface area contributed by atoms with E-state index in [0.29, 0.717) is 17.0 Å². The normalized spacial score (nSPS) is 10.0. The fourth-order valence-corrected chi connectivity index (χ4v) is 1.89. The van der Waals surface area contributed by atoms with E-state index in [4.69, 9.17) is 9.84 Å². The Kier molecular flexibility index (Phi) is 4.23. The van der Waals surface area contributed by atoms with Gasteiger partial charge in [0.05, 0.1) is 18.2 Å². The number of hydrogen-bond donors (Lipinski definition) is 2. The molecule has 2 aromatic carbocycles. The Morgan fingerprint density at radius 1 is 1.10 bits per heavy atom. The van der Waals surface area contributed by atoms with Crippen molar-refractivity contribution in [3.05, 3.63) is 59.2 Å². The van der Waals surface area contributed by atoms with Crippen LogP contribution in [-0.2, 0) is 0 Å². The van der Waals surface area contributed by atoms with Crippen LogP contribution in [0.3, 0.4) is 0 Å². The van der Waals surface area contributed by atoms with Gasteiger partial charge in [-0.05, 0) is 43.3 Å². The fourth-order valence-electron chi connectivity index (χ4n) is 1.89. The Morgan fingerprint density at radius 2 is 1.76 bits per heavy atom. The molecule has 2 N–H and O–H groups in total. The molecule has 0 aliphatic rings. The first-order chi connectivity index (χ1) is 10.0. The van der Waals surface area contributed by atoms with Crippen LogP contribution in [0, 0.1) is 6.92 Å². The standard InChI is InChI=1S/C16H15NO4/c1-10-3-8-14(21-2)13(9-10)15(18)17-12-6-4-11(5-7-12)16(19)20/h3-9H,1-2H3,(H,17,18)(H,19,20). The number of methoxy groups -OCH3 is 1. The molecule has 0 atom stereocenters. The van der Waals surface area contributed by atoms with Crippen molar-refractivity contribution < 1.29 is 19.4 Å². The van der Waals surface area contributed by atoms with E-state index in [1.165, 1.54) is 19.2 Å². The van der Waals surface area contributed by atoms with Gasteiger partial charge in [-0.1, -0.05) is 11.6 Å². The molecule has 5 heteroatoms. The van der Waals surface area contributed by atoms with E-state index in [-0.39, 0.29) is 11.5 Å². The molecule has 0 aliphatic carbocycles. The van der Waals surface area contributed by atoms with E-state index in [2.05, 4.69) is 5.32 Å². The zero-order valence-corrected chi connectivity index (χ0v) is 11.7. The van der Waals surface area contributed by atoms with Gasteiger partial charge in [0.1, 0.15) is 5.75 Å². The third-order valence-corrected chi connectivity index (χ3v) is 2.99. The minimum atomic E-state index is -1.01. The highest BCUT2D eigenvalue weighted by Crippen LogP contribution is 2.21. The van der Waals surface area contributed by atoms with Gasteiger partial charge < -0.3 is 15.2 Å². The number of benzene rings is 2. The van der Waals surface area contributed by atoms with E-state index < -0.39 is 5.97 Å². The lowest BCUT2D eigenvalue weighted by Gasteiger charge is -2.10. The number of carboxylic acids is 1. The molecule has 2 aromatic rings. The summed E-state index contributed by atoms with van der Waals surface area (Å²) in [4.78, 5) is 23.0. The third-order valence-electron chi connectivity index (χ3n) is 2.99. The highest BCUT2D eigenvalue weighted by atomic mass is 16.5. The number of aryl methyl sites for hydroxylation is 1. The lowest BCUT2D eigenvalue weighted by Crippen LogP contribution is -2.13. The van der Waals surface area contributed by atoms with Crippen LogP contribution in [0.25, 0.3) is 0 Å². The molecule has 0 aromatic heterocycles. The Labute approximate surface area is 122 Å². The molecule has 0 radical (unpaired) electrons. The van der Waals surface area contributed by atoms with Crippen LogP contribution in [0.5, 0.6) is 5.75 Å². The largest absolute Gasteiger partial charge is 0.496 e. The Morgan fingerprint density at radius 3 is 2.33 bits per heavy atom. The molecule has 0 aliphatic heterocycles. The molecular weight excluding hydrogens is 270 g/mol. The van der Waals surface area contributed by atoms with E-state index >= 15 is 0 Å². The van der Waals surface area contributed by atoms with Gasteiger partial charge in [-0.15, -0.1) is 0 Å². The molecule has 2 rings (SSSR count). The summed E-state index contributed by atoms with van der Waals surface area (Å²) in [7, 11) is 1.50. The van der Waals surface area contributed by atoms with Gasteiger partial charge in [-0.3, -0.25) is 4.79 Å². The van der Waals surface area contributed by atoms with Crippen molar-refractivity contribution in [1.82, 2.24) is 0 Å². The van der Waals surface area contributed by atoms with Crippen LogP contribution >= 0.6 is 0 Å². The van der Waals surface area contributed by atoms with Crippen molar-refractivity contribution in [2.24, 2.45) is 0 Å². The van der Waals surface area contributed by atoms with E-state index in [1.54, 1.807) is 24.3 Å². The van der Waals surface area contributed by atoms with Crippen LogP contribution < -0.4 is 10.1 Å². The molecule has 1 amide bonds. The first kappa shape index (κ1) is 14.6. The molecule has 5 nitrogen and oxygen atoms in total. The zero-order valence-electron chi connectivity index (χ0n) is 11.7. The number of hydrogen-bond acceptors (Lipinski definition) is 3. The molecule has 0 heterocycles. The monoisotopic (exact) mass is 285 g/mol. The predicted octanol–water partition coefficient (Wildman–Crippen LogP) is 2.95. The SMILES string of the molecule is COc1ccc(C)cc1C(=O)Nc1ccc(C(=O)O)cc1. The molecule has 0 fully saturated rings. The molecule has 0 saturated heterocycles. The average molecular weight is 285 g/mol. The maximum absolute atomic E-state index is 12.3. The minimum Gasteiger partial charge on any atom is -0.496 e. The summed E-state index contributed by atoms with van der Waals surface area (Å²) < 4.78 is 5.17. The third kappa shape index (κ3) is 3.39. The lowest BCUT2D eigenvalue weighted by molar-refractivity contribution is 0.0696. The van der Waals surface area contributed by atoms with Crippen molar-refractivity contribution in [1.29, 1.82) is 0 Å². The van der Waals surface area contributed by atoms with Crippen molar-refractivity contribution in [3.8, 4) is 5.75 Å². The first-order valence-corrected chi connectivity index (χ1v) is 6.30. The fraction of sp³-hybridized carbons (Fsp3) is 0.125. The smallest absolute Gasteiger partial charge is 0.335 e. The topological polar surface area (TPSA) is 75.6 Å². The summed E-state index contributed by atoms with van der Waals surface area (Å²) in [6.45, 7) is 1.89. The Bertz CT molecular complexity index is 677.